The Hall–Kier alpha value is -0.860. The molecule has 2 heteroatoms. The molecule has 2 nitrogen and oxygen atoms in total. The second-order valence-corrected chi connectivity index (χ2v) is 6.77. The highest BCUT2D eigenvalue weighted by Crippen LogP contribution is 2.33. The molecule has 0 spiro atoms. The molecular formula is C16H26N2. The van der Waals surface area contributed by atoms with Crippen molar-refractivity contribution in [1.82, 2.24) is 4.90 Å². The molecule has 1 fully saturated rings. The fourth-order valence-electron chi connectivity index (χ4n) is 3.08. The van der Waals surface area contributed by atoms with E-state index in [1.165, 1.54) is 5.56 Å². The van der Waals surface area contributed by atoms with Gasteiger partial charge in [0.25, 0.3) is 0 Å². The van der Waals surface area contributed by atoms with E-state index in [2.05, 4.69) is 56.0 Å². The van der Waals surface area contributed by atoms with E-state index in [1.54, 1.807) is 0 Å². The predicted molar refractivity (Wildman–Crippen MR) is 77.6 cm³/mol. The van der Waals surface area contributed by atoms with Gasteiger partial charge >= 0.3 is 0 Å². The van der Waals surface area contributed by atoms with Crippen molar-refractivity contribution in [3.8, 4) is 0 Å². The molecule has 0 amide bonds. The zero-order chi connectivity index (χ0) is 13.2. The highest BCUT2D eigenvalue weighted by Gasteiger charge is 2.34. The molecular weight excluding hydrogens is 220 g/mol. The largest absolute Gasteiger partial charge is 0.330 e. The highest BCUT2D eigenvalue weighted by molar-refractivity contribution is 5.22. The lowest BCUT2D eigenvalue weighted by atomic mass is 9.89. The number of nitrogens with two attached hydrogens (primary N) is 1. The SMILES string of the molecule is CC(C)(C)CN1C[C@@H](CN)[C@H](c2ccccc2)C1. The Balaban J connectivity index is 2.08. The van der Waals surface area contributed by atoms with Crippen LogP contribution in [0.3, 0.4) is 0 Å². The molecule has 1 heterocycles. The minimum absolute atomic E-state index is 0.366. The first-order chi connectivity index (χ1) is 8.49. The number of rotatable bonds is 3. The number of hydrogen-bond donors (Lipinski definition) is 1. The lowest BCUT2D eigenvalue weighted by Crippen LogP contribution is -2.31. The summed E-state index contributed by atoms with van der Waals surface area (Å²) in [6.07, 6.45) is 0. The third-order valence-electron chi connectivity index (χ3n) is 3.75. The van der Waals surface area contributed by atoms with E-state index < -0.39 is 0 Å². The van der Waals surface area contributed by atoms with Gasteiger partial charge in [-0.3, -0.25) is 0 Å². The second-order valence-electron chi connectivity index (χ2n) is 6.77. The van der Waals surface area contributed by atoms with Crippen molar-refractivity contribution in [2.24, 2.45) is 17.1 Å². The molecule has 0 unspecified atom stereocenters. The number of benzene rings is 1. The van der Waals surface area contributed by atoms with Crippen LogP contribution in [0.25, 0.3) is 0 Å². The highest BCUT2D eigenvalue weighted by atomic mass is 15.2. The first-order valence-corrected chi connectivity index (χ1v) is 6.97. The Morgan fingerprint density at radius 3 is 2.39 bits per heavy atom. The normalized spacial score (nSPS) is 25.6. The summed E-state index contributed by atoms with van der Waals surface area (Å²) in [6.45, 7) is 11.2. The predicted octanol–water partition coefficient (Wildman–Crippen LogP) is 2.71. The Morgan fingerprint density at radius 2 is 1.83 bits per heavy atom. The van der Waals surface area contributed by atoms with Gasteiger partial charge in [0, 0.05) is 25.6 Å². The van der Waals surface area contributed by atoms with Gasteiger partial charge in [-0.2, -0.15) is 0 Å². The Morgan fingerprint density at radius 1 is 1.17 bits per heavy atom. The molecule has 0 bridgehead atoms. The summed E-state index contributed by atoms with van der Waals surface area (Å²) in [6, 6.07) is 10.8. The van der Waals surface area contributed by atoms with Crippen LogP contribution in [0.1, 0.15) is 32.3 Å². The smallest absolute Gasteiger partial charge is 0.00543 e. The molecule has 1 saturated heterocycles. The number of nitrogens with zero attached hydrogens (tertiary/aromatic N) is 1. The zero-order valence-electron chi connectivity index (χ0n) is 11.9. The van der Waals surface area contributed by atoms with Crippen LogP contribution in [0.5, 0.6) is 0 Å². The summed E-state index contributed by atoms with van der Waals surface area (Å²) in [4.78, 5) is 2.58. The van der Waals surface area contributed by atoms with Crippen LogP contribution in [-0.2, 0) is 0 Å². The van der Waals surface area contributed by atoms with Crippen LogP contribution in [0.4, 0.5) is 0 Å². The van der Waals surface area contributed by atoms with E-state index in [1.807, 2.05) is 0 Å². The van der Waals surface area contributed by atoms with Gasteiger partial charge < -0.3 is 10.6 Å². The molecule has 1 aliphatic heterocycles. The monoisotopic (exact) mass is 246 g/mol. The quantitative estimate of drug-likeness (QED) is 0.888. The maximum absolute atomic E-state index is 5.96. The molecule has 0 aromatic heterocycles. The fourth-order valence-corrected chi connectivity index (χ4v) is 3.08. The van der Waals surface area contributed by atoms with Gasteiger partial charge in [0.2, 0.25) is 0 Å². The Labute approximate surface area is 111 Å². The maximum Gasteiger partial charge on any atom is 0.00543 e. The standard InChI is InChI=1S/C16H26N2/c1-16(2,3)12-18-10-14(9-17)15(11-18)13-7-5-4-6-8-13/h4-8,14-15H,9-12,17H2,1-3H3/t14-,15+/m1/s1. The summed E-state index contributed by atoms with van der Waals surface area (Å²) in [7, 11) is 0. The topological polar surface area (TPSA) is 29.3 Å². The summed E-state index contributed by atoms with van der Waals surface area (Å²) in [5.41, 5.74) is 7.78. The average Bonchev–Trinajstić information content (AvgIpc) is 2.71. The molecule has 18 heavy (non-hydrogen) atoms. The van der Waals surface area contributed by atoms with Gasteiger partial charge in [0.1, 0.15) is 0 Å². The molecule has 1 aromatic rings. The molecule has 0 radical (unpaired) electrons. The third-order valence-corrected chi connectivity index (χ3v) is 3.75. The van der Waals surface area contributed by atoms with E-state index in [4.69, 9.17) is 5.73 Å². The summed E-state index contributed by atoms with van der Waals surface area (Å²) in [5, 5.41) is 0. The number of hydrogen-bond acceptors (Lipinski definition) is 2. The van der Waals surface area contributed by atoms with Gasteiger partial charge in [-0.15, -0.1) is 0 Å². The van der Waals surface area contributed by atoms with Crippen LogP contribution in [-0.4, -0.2) is 31.1 Å². The summed E-state index contributed by atoms with van der Waals surface area (Å²) in [5.74, 6) is 1.22. The van der Waals surface area contributed by atoms with E-state index in [9.17, 15) is 0 Å². The van der Waals surface area contributed by atoms with E-state index >= 15 is 0 Å². The lowest BCUT2D eigenvalue weighted by Gasteiger charge is -2.26. The third kappa shape index (κ3) is 3.33. The van der Waals surface area contributed by atoms with Crippen molar-refractivity contribution in [2.45, 2.75) is 26.7 Å². The van der Waals surface area contributed by atoms with E-state index in [0.717, 1.165) is 26.2 Å². The second kappa shape index (κ2) is 5.41. The van der Waals surface area contributed by atoms with Crippen LogP contribution in [0, 0.1) is 11.3 Å². The molecule has 1 aromatic carbocycles. The van der Waals surface area contributed by atoms with Crippen LogP contribution >= 0.6 is 0 Å². The molecule has 2 rings (SSSR count). The molecule has 100 valence electrons. The van der Waals surface area contributed by atoms with Gasteiger partial charge in [0.15, 0.2) is 0 Å². The van der Waals surface area contributed by atoms with Gasteiger partial charge in [-0.05, 0) is 23.4 Å². The molecule has 2 atom stereocenters. The Bertz CT molecular complexity index is 366. The molecule has 1 aliphatic rings. The van der Waals surface area contributed by atoms with Crippen LogP contribution < -0.4 is 5.73 Å². The summed E-state index contributed by atoms with van der Waals surface area (Å²) < 4.78 is 0. The Kier molecular flexibility index (Phi) is 4.08. The summed E-state index contributed by atoms with van der Waals surface area (Å²) >= 11 is 0. The zero-order valence-corrected chi connectivity index (χ0v) is 11.9. The van der Waals surface area contributed by atoms with E-state index in [0.29, 0.717) is 17.3 Å². The van der Waals surface area contributed by atoms with Gasteiger partial charge in [0.05, 0.1) is 0 Å². The van der Waals surface area contributed by atoms with Gasteiger partial charge in [-0.25, -0.2) is 0 Å². The van der Waals surface area contributed by atoms with Crippen molar-refractivity contribution in [1.29, 1.82) is 0 Å². The molecule has 0 aliphatic carbocycles. The number of likely N-dealkylation sites (tertiary alicyclic amines) is 1. The first kappa shape index (κ1) is 13.6. The molecule has 2 N–H and O–H groups in total. The van der Waals surface area contributed by atoms with Crippen molar-refractivity contribution in [3.63, 3.8) is 0 Å². The van der Waals surface area contributed by atoms with Gasteiger partial charge in [-0.1, -0.05) is 51.1 Å². The maximum atomic E-state index is 5.96. The minimum atomic E-state index is 0.366. The van der Waals surface area contributed by atoms with Crippen LogP contribution in [0.2, 0.25) is 0 Å². The first-order valence-electron chi connectivity index (χ1n) is 6.97. The van der Waals surface area contributed by atoms with Crippen molar-refractivity contribution < 1.29 is 0 Å². The minimum Gasteiger partial charge on any atom is -0.330 e. The van der Waals surface area contributed by atoms with Crippen molar-refractivity contribution in [3.05, 3.63) is 35.9 Å². The lowest BCUT2D eigenvalue weighted by molar-refractivity contribution is 0.220. The molecule has 0 saturated carbocycles. The van der Waals surface area contributed by atoms with E-state index in [-0.39, 0.29) is 0 Å². The van der Waals surface area contributed by atoms with Crippen molar-refractivity contribution >= 4 is 0 Å². The fraction of sp³-hybridized carbons (Fsp3) is 0.625. The van der Waals surface area contributed by atoms with Crippen LogP contribution in [0.15, 0.2) is 30.3 Å². The average molecular weight is 246 g/mol. The van der Waals surface area contributed by atoms with Crippen molar-refractivity contribution in [2.75, 3.05) is 26.2 Å².